The number of aromatic nitrogens is 1. The van der Waals surface area contributed by atoms with Crippen molar-refractivity contribution in [2.45, 2.75) is 5.92 Å². The summed E-state index contributed by atoms with van der Waals surface area (Å²) in [6.07, 6.45) is 1.70. The molecule has 1 aromatic carbocycles. The third kappa shape index (κ3) is 2.42. The van der Waals surface area contributed by atoms with Crippen LogP contribution < -0.4 is 10.9 Å². The molecule has 0 aliphatic rings. The number of nitrogens with zero attached hydrogens (tertiary/aromatic N) is 1. The number of amidine groups is 1. The first-order valence-electron chi connectivity index (χ1n) is 5.31. The van der Waals surface area contributed by atoms with E-state index in [1.54, 1.807) is 6.20 Å². The molecule has 2 rings (SSSR count). The van der Waals surface area contributed by atoms with E-state index in [1.807, 2.05) is 53.7 Å². The fourth-order valence-corrected chi connectivity index (χ4v) is 1.77. The van der Waals surface area contributed by atoms with Gasteiger partial charge in [0.05, 0.1) is 5.69 Å². The molecule has 0 saturated carbocycles. The third-order valence-corrected chi connectivity index (χ3v) is 2.56. The lowest BCUT2D eigenvalue weighted by Crippen LogP contribution is -2.73. The molecule has 1 unspecified atom stereocenters. The van der Waals surface area contributed by atoms with E-state index in [1.165, 1.54) is 0 Å². The van der Waals surface area contributed by atoms with Crippen LogP contribution in [-0.4, -0.2) is 16.0 Å². The van der Waals surface area contributed by atoms with Gasteiger partial charge in [-0.05, 0) is 17.7 Å². The highest BCUT2D eigenvalue weighted by Gasteiger charge is 2.23. The molecule has 0 saturated heterocycles. The highest BCUT2D eigenvalue weighted by atomic mass is 16.4. The van der Waals surface area contributed by atoms with E-state index in [0.717, 1.165) is 11.3 Å². The van der Waals surface area contributed by atoms with Crippen LogP contribution in [0.1, 0.15) is 17.2 Å². The normalized spacial score (nSPS) is 13.3. The molecule has 4 heteroatoms. The van der Waals surface area contributed by atoms with Crippen LogP contribution in [0.3, 0.4) is 0 Å². The average Bonchev–Trinajstić information content (AvgIpc) is 2.41. The predicted molar refractivity (Wildman–Crippen MR) is 64.5 cm³/mol. The summed E-state index contributed by atoms with van der Waals surface area (Å²) in [5.74, 6) is -0.00250. The van der Waals surface area contributed by atoms with Crippen LogP contribution in [0, 0.1) is 0 Å². The van der Waals surface area contributed by atoms with E-state index in [2.05, 4.69) is 4.98 Å². The summed E-state index contributed by atoms with van der Waals surface area (Å²) in [7, 11) is 0. The Labute approximate surface area is 99.4 Å². The minimum Gasteiger partial charge on any atom is -0.357 e. The molecule has 4 nitrogen and oxygen atoms in total. The van der Waals surface area contributed by atoms with Crippen molar-refractivity contribution in [3.05, 3.63) is 66.0 Å². The Hall–Kier alpha value is -2.36. The molecule has 86 valence electrons. The maximum atomic E-state index is 8.99. The van der Waals surface area contributed by atoms with Crippen LogP contribution in [0.15, 0.2) is 54.7 Å². The van der Waals surface area contributed by atoms with Gasteiger partial charge in [-0.1, -0.05) is 41.6 Å². The zero-order valence-corrected chi connectivity index (χ0v) is 9.25. The Morgan fingerprint density at radius 2 is 1.82 bits per heavy atom. The Bertz CT molecular complexity index is 457. The number of hydrogen-bond donors (Lipinski definition) is 3. The Morgan fingerprint density at radius 1 is 1.12 bits per heavy atom. The van der Waals surface area contributed by atoms with Crippen molar-refractivity contribution in [1.82, 2.24) is 4.98 Å². The molecular weight excluding hydrogens is 214 g/mol. The number of nitrogens with two attached hydrogens (primary N) is 1. The molecule has 0 bridgehead atoms. The van der Waals surface area contributed by atoms with Crippen LogP contribution >= 0.6 is 0 Å². The lowest BCUT2D eigenvalue weighted by molar-refractivity contribution is -0.739. The SMILES string of the molecule is NC(=[NH+]O)C(c1ccccc1)c1ccccn1. The molecule has 0 spiro atoms. The average molecular weight is 228 g/mol. The summed E-state index contributed by atoms with van der Waals surface area (Å²) in [6, 6.07) is 15.3. The van der Waals surface area contributed by atoms with E-state index in [-0.39, 0.29) is 11.8 Å². The van der Waals surface area contributed by atoms with Crippen molar-refractivity contribution in [2.24, 2.45) is 5.73 Å². The molecule has 1 aromatic heterocycles. The number of pyridine rings is 1. The van der Waals surface area contributed by atoms with E-state index in [4.69, 9.17) is 10.9 Å². The van der Waals surface area contributed by atoms with Crippen LogP contribution in [0.25, 0.3) is 0 Å². The summed E-state index contributed by atoms with van der Waals surface area (Å²) in [5, 5.41) is 11.0. The van der Waals surface area contributed by atoms with Gasteiger partial charge in [-0.25, -0.2) is 0 Å². The monoisotopic (exact) mass is 228 g/mol. The molecule has 2 aromatic rings. The lowest BCUT2D eigenvalue weighted by atomic mass is 9.94. The predicted octanol–water partition coefficient (Wildman–Crippen LogP) is 0.0405. The molecule has 17 heavy (non-hydrogen) atoms. The van der Waals surface area contributed by atoms with Crippen LogP contribution in [-0.2, 0) is 0 Å². The van der Waals surface area contributed by atoms with E-state index in [9.17, 15) is 0 Å². The van der Waals surface area contributed by atoms with Crippen molar-refractivity contribution >= 4 is 5.84 Å². The fourth-order valence-electron chi connectivity index (χ4n) is 1.77. The maximum absolute atomic E-state index is 8.99. The van der Waals surface area contributed by atoms with Crippen molar-refractivity contribution in [2.75, 3.05) is 0 Å². The van der Waals surface area contributed by atoms with Crippen molar-refractivity contribution in [3.63, 3.8) is 0 Å². The largest absolute Gasteiger partial charge is 0.357 e. The number of nitrogens with one attached hydrogen (secondary N) is 1. The minimum atomic E-state index is -0.262. The quantitative estimate of drug-likeness (QED) is 0.300. The van der Waals surface area contributed by atoms with Gasteiger partial charge in [0.15, 0.2) is 0 Å². The van der Waals surface area contributed by atoms with Gasteiger partial charge in [-0.2, -0.15) is 0 Å². The van der Waals surface area contributed by atoms with E-state index >= 15 is 0 Å². The topological polar surface area (TPSA) is 73.1 Å². The Kier molecular flexibility index (Phi) is 3.35. The van der Waals surface area contributed by atoms with Gasteiger partial charge in [0.25, 0.3) is 5.84 Å². The zero-order valence-electron chi connectivity index (χ0n) is 9.25. The van der Waals surface area contributed by atoms with Gasteiger partial charge in [0.2, 0.25) is 0 Å². The highest BCUT2D eigenvalue weighted by molar-refractivity contribution is 5.85. The molecule has 0 aliphatic heterocycles. The number of rotatable bonds is 3. The van der Waals surface area contributed by atoms with E-state index in [0.29, 0.717) is 0 Å². The first-order chi connectivity index (χ1) is 8.33. The van der Waals surface area contributed by atoms with Crippen molar-refractivity contribution in [3.8, 4) is 0 Å². The van der Waals surface area contributed by atoms with Gasteiger partial charge in [-0.15, -0.1) is 0 Å². The summed E-state index contributed by atoms with van der Waals surface area (Å²) < 4.78 is 0. The molecule has 1 atom stereocenters. The standard InChI is InChI=1S/C13H13N3O/c14-13(16-17)12(10-6-2-1-3-7-10)11-8-4-5-9-15-11/h1-9,12,17H,(H2,14,16)/p+1. The number of benzene rings is 1. The van der Waals surface area contributed by atoms with Gasteiger partial charge >= 0.3 is 0 Å². The second kappa shape index (κ2) is 5.12. The molecule has 0 aliphatic carbocycles. The summed E-state index contributed by atoms with van der Waals surface area (Å²) in [6.45, 7) is 0. The number of hydrogen-bond acceptors (Lipinski definition) is 2. The second-order valence-electron chi connectivity index (χ2n) is 3.67. The molecular formula is C13H14N3O+. The molecule has 0 amide bonds. The van der Waals surface area contributed by atoms with Gasteiger partial charge < -0.3 is 5.21 Å². The summed E-state index contributed by atoms with van der Waals surface area (Å²) in [4.78, 5) is 4.27. The van der Waals surface area contributed by atoms with E-state index < -0.39 is 0 Å². The summed E-state index contributed by atoms with van der Waals surface area (Å²) >= 11 is 0. The fraction of sp³-hybridized carbons (Fsp3) is 0.0769. The molecule has 4 N–H and O–H groups in total. The zero-order chi connectivity index (χ0) is 12.1. The smallest absolute Gasteiger partial charge is 0.292 e. The summed E-state index contributed by atoms with van der Waals surface area (Å²) in [5.41, 5.74) is 7.56. The van der Waals surface area contributed by atoms with Gasteiger partial charge in [0, 0.05) is 6.20 Å². The Morgan fingerprint density at radius 3 is 2.41 bits per heavy atom. The van der Waals surface area contributed by atoms with Gasteiger partial charge in [-0.3, -0.25) is 10.7 Å². The van der Waals surface area contributed by atoms with Gasteiger partial charge in [0.1, 0.15) is 5.92 Å². The molecule has 0 radical (unpaired) electrons. The maximum Gasteiger partial charge on any atom is 0.292 e. The highest BCUT2D eigenvalue weighted by Crippen LogP contribution is 2.21. The molecule has 1 heterocycles. The minimum absolute atomic E-state index is 0.259. The van der Waals surface area contributed by atoms with Crippen molar-refractivity contribution in [1.29, 1.82) is 0 Å². The molecule has 0 fully saturated rings. The lowest BCUT2D eigenvalue weighted by Gasteiger charge is -2.11. The Balaban J connectivity index is 2.47. The first-order valence-corrected chi connectivity index (χ1v) is 5.31. The van der Waals surface area contributed by atoms with Crippen molar-refractivity contribution < 1.29 is 10.4 Å². The second-order valence-corrected chi connectivity index (χ2v) is 3.67. The first kappa shape index (κ1) is 11.1. The van der Waals surface area contributed by atoms with Crippen LogP contribution in [0.2, 0.25) is 0 Å². The van der Waals surface area contributed by atoms with Crippen LogP contribution in [0.5, 0.6) is 0 Å². The third-order valence-electron chi connectivity index (χ3n) is 2.56. The van der Waals surface area contributed by atoms with Crippen LogP contribution in [0.4, 0.5) is 0 Å².